The van der Waals surface area contributed by atoms with Gasteiger partial charge in [-0.25, -0.2) is 18.6 Å². The van der Waals surface area contributed by atoms with Gasteiger partial charge in [0.2, 0.25) is 0 Å². The molecule has 48 heavy (non-hydrogen) atoms. The number of carbonyl (C=O) groups is 1. The summed E-state index contributed by atoms with van der Waals surface area (Å²) < 4.78 is 56.1. The molecule has 4 aliphatic rings. The van der Waals surface area contributed by atoms with Crippen LogP contribution in [0.4, 0.5) is 14.6 Å². The van der Waals surface area contributed by atoms with Crippen LogP contribution >= 0.6 is 0 Å². The molecule has 11 heteroatoms. The van der Waals surface area contributed by atoms with E-state index in [0.717, 1.165) is 42.9 Å². The summed E-state index contributed by atoms with van der Waals surface area (Å²) in [6.45, 7) is 11.7. The van der Waals surface area contributed by atoms with Crippen LogP contribution in [0.2, 0.25) is 0 Å². The van der Waals surface area contributed by atoms with Gasteiger partial charge in [0.1, 0.15) is 29.3 Å². The van der Waals surface area contributed by atoms with Crippen molar-refractivity contribution in [3.63, 3.8) is 0 Å². The highest BCUT2D eigenvalue weighted by atomic mass is 19.1. The summed E-state index contributed by atoms with van der Waals surface area (Å²) in [7, 11) is 1.36. The first-order valence-corrected chi connectivity index (χ1v) is 16.7. The van der Waals surface area contributed by atoms with Gasteiger partial charge in [-0.15, -0.1) is 0 Å². The number of carbonyl (C=O) groups excluding carboxylic acids is 1. The van der Waals surface area contributed by atoms with E-state index in [4.69, 9.17) is 29.0 Å². The van der Waals surface area contributed by atoms with E-state index >= 15 is 4.39 Å². The van der Waals surface area contributed by atoms with Crippen molar-refractivity contribution in [2.45, 2.75) is 90.1 Å². The van der Waals surface area contributed by atoms with Crippen LogP contribution in [-0.2, 0) is 19.0 Å². The van der Waals surface area contributed by atoms with Crippen LogP contribution in [0.15, 0.2) is 36.4 Å². The normalized spacial score (nSPS) is 21.5. The number of halogens is 2. The topological polar surface area (TPSA) is 87.4 Å². The van der Waals surface area contributed by atoms with Crippen LogP contribution in [0.3, 0.4) is 0 Å². The minimum atomic E-state index is -1.05. The number of ether oxygens (including phenoxy) is 4. The van der Waals surface area contributed by atoms with Gasteiger partial charge in [-0.3, -0.25) is 0 Å². The molecule has 8 rings (SSSR count). The first-order valence-electron chi connectivity index (χ1n) is 16.7. The Hall–Kier alpha value is -4.09. The maximum absolute atomic E-state index is 15.4. The number of esters is 1. The van der Waals surface area contributed by atoms with Gasteiger partial charge >= 0.3 is 5.97 Å². The summed E-state index contributed by atoms with van der Waals surface area (Å²) in [5.41, 5.74) is 3.91. The van der Waals surface area contributed by atoms with E-state index in [1.165, 1.54) is 13.2 Å². The molecule has 4 bridgehead atoms. The average Bonchev–Trinajstić information content (AvgIpc) is 3.45. The molecule has 1 saturated heterocycles. The Morgan fingerprint density at radius 1 is 1.10 bits per heavy atom. The molecule has 0 amide bonds. The number of anilines is 1. The van der Waals surface area contributed by atoms with Crippen molar-refractivity contribution in [2.75, 3.05) is 31.7 Å². The van der Waals surface area contributed by atoms with Crippen molar-refractivity contribution in [3.05, 3.63) is 64.9 Å². The third kappa shape index (κ3) is 5.81. The highest BCUT2D eigenvalue weighted by Gasteiger charge is 2.39. The number of aryl methyl sites for hydroxylation is 1. The molecule has 0 spiro atoms. The van der Waals surface area contributed by atoms with Crippen LogP contribution in [0.25, 0.3) is 28.0 Å². The zero-order valence-electron chi connectivity index (χ0n) is 28.4. The quantitative estimate of drug-likeness (QED) is 0.207. The number of nitrogens with zero attached hydrogens (tertiary/aromatic N) is 4. The lowest BCUT2D eigenvalue weighted by Crippen LogP contribution is -2.46. The lowest BCUT2D eigenvalue weighted by Gasteiger charge is -2.41. The third-order valence-electron chi connectivity index (χ3n) is 9.65. The molecular formula is C37H42F2N4O5. The predicted octanol–water partition coefficient (Wildman–Crippen LogP) is 7.67. The standard InChI is InChI=1S/C37H42F2N4O5/c1-21-30(33(35(44)45-6)48-36(2,3)4)34-42-15-13-37(5,14-16-42)46-17-8-7-12-27-31-23(26-20-29(40-21)43(34)41-26)10-9-11-24(31)32-25(39)18-22(38)19-28(32)47-27/h9-11,18-20,27,33H,7-8,12-17H2,1-6H3/t27-,33+/m1/s1. The number of fused-ring (bicyclic) bond motifs is 8. The largest absolute Gasteiger partial charge is 0.485 e. The molecule has 0 radical (unpaired) electrons. The van der Waals surface area contributed by atoms with Crippen LogP contribution < -0.4 is 9.64 Å². The van der Waals surface area contributed by atoms with Crippen LogP contribution in [0.1, 0.15) is 88.8 Å². The first kappa shape index (κ1) is 32.5. The molecule has 6 heterocycles. The molecule has 0 aliphatic carbocycles. The summed E-state index contributed by atoms with van der Waals surface area (Å²) in [6.07, 6.45) is 2.28. The molecule has 2 atom stereocenters. The van der Waals surface area contributed by atoms with Gasteiger partial charge in [0, 0.05) is 54.7 Å². The monoisotopic (exact) mass is 660 g/mol. The molecular weight excluding hydrogens is 618 g/mol. The lowest BCUT2D eigenvalue weighted by molar-refractivity contribution is -0.164. The van der Waals surface area contributed by atoms with Crippen molar-refractivity contribution in [3.8, 4) is 28.1 Å². The molecule has 0 N–H and O–H groups in total. The Morgan fingerprint density at radius 3 is 2.58 bits per heavy atom. The Bertz CT molecular complexity index is 1890. The molecule has 1 fully saturated rings. The smallest absolute Gasteiger partial charge is 0.339 e. The van der Waals surface area contributed by atoms with Crippen molar-refractivity contribution in [1.82, 2.24) is 14.6 Å². The van der Waals surface area contributed by atoms with Crippen molar-refractivity contribution in [2.24, 2.45) is 0 Å². The van der Waals surface area contributed by atoms with Gasteiger partial charge < -0.3 is 23.8 Å². The molecule has 254 valence electrons. The highest BCUT2D eigenvalue weighted by molar-refractivity contribution is 5.84. The highest BCUT2D eigenvalue weighted by Crippen LogP contribution is 2.49. The maximum atomic E-state index is 15.4. The summed E-state index contributed by atoms with van der Waals surface area (Å²) in [5.74, 6) is -0.985. The zero-order chi connectivity index (χ0) is 34.0. The van der Waals surface area contributed by atoms with Gasteiger partial charge in [0.15, 0.2) is 11.8 Å². The van der Waals surface area contributed by atoms with Gasteiger partial charge in [-0.05, 0) is 72.3 Å². The molecule has 4 aliphatic heterocycles. The molecule has 0 unspecified atom stereocenters. The molecule has 2 aromatic heterocycles. The van der Waals surface area contributed by atoms with Crippen molar-refractivity contribution in [1.29, 1.82) is 0 Å². The van der Waals surface area contributed by atoms with E-state index in [0.29, 0.717) is 60.1 Å². The number of benzene rings is 2. The molecule has 2 aromatic carbocycles. The maximum Gasteiger partial charge on any atom is 0.339 e. The van der Waals surface area contributed by atoms with Gasteiger partial charge in [0.05, 0.1) is 35.1 Å². The van der Waals surface area contributed by atoms with Crippen LogP contribution in [0.5, 0.6) is 5.75 Å². The Morgan fingerprint density at radius 2 is 1.85 bits per heavy atom. The van der Waals surface area contributed by atoms with E-state index in [-0.39, 0.29) is 16.9 Å². The molecule has 0 saturated carbocycles. The second kappa shape index (κ2) is 12.1. The number of hydrogen-bond acceptors (Lipinski definition) is 8. The number of methoxy groups -OCH3 is 1. The minimum Gasteiger partial charge on any atom is -0.485 e. The molecule has 9 nitrogen and oxygen atoms in total. The van der Waals surface area contributed by atoms with Crippen LogP contribution in [0, 0.1) is 18.6 Å². The summed E-state index contributed by atoms with van der Waals surface area (Å²) >= 11 is 0. The van der Waals surface area contributed by atoms with Gasteiger partial charge in [0.25, 0.3) is 0 Å². The SMILES string of the molecule is COC(=O)[C@@H](OC(C)(C)C)c1c(C)nc2cc3nn2c1N1CCC(C)(CC1)OCCCC[C@H]1Oc2cc(F)cc(F)c2-c2cccc-3c21. The zero-order valence-corrected chi connectivity index (χ0v) is 28.4. The number of rotatable bonds is 3. The van der Waals surface area contributed by atoms with E-state index < -0.39 is 35.4 Å². The summed E-state index contributed by atoms with van der Waals surface area (Å²) in [6, 6.07) is 9.73. The van der Waals surface area contributed by atoms with E-state index in [9.17, 15) is 9.18 Å². The van der Waals surface area contributed by atoms with E-state index in [1.54, 1.807) is 4.52 Å². The fourth-order valence-corrected chi connectivity index (χ4v) is 7.30. The van der Waals surface area contributed by atoms with E-state index in [1.807, 2.05) is 52.0 Å². The van der Waals surface area contributed by atoms with Crippen LogP contribution in [-0.4, -0.2) is 58.6 Å². The second-order valence-electron chi connectivity index (χ2n) is 14.3. The second-order valence-corrected chi connectivity index (χ2v) is 14.3. The lowest BCUT2D eigenvalue weighted by atomic mass is 9.86. The number of hydrogen-bond donors (Lipinski definition) is 0. The summed E-state index contributed by atoms with van der Waals surface area (Å²) in [5, 5.41) is 5.15. The number of piperidine rings is 1. The Labute approximate surface area is 279 Å². The van der Waals surface area contributed by atoms with E-state index in [2.05, 4.69) is 11.8 Å². The van der Waals surface area contributed by atoms with Gasteiger partial charge in [-0.2, -0.15) is 9.61 Å². The summed E-state index contributed by atoms with van der Waals surface area (Å²) in [4.78, 5) is 20.6. The Kier molecular flexibility index (Phi) is 8.18. The van der Waals surface area contributed by atoms with Gasteiger partial charge in [-0.1, -0.05) is 18.2 Å². The third-order valence-corrected chi connectivity index (χ3v) is 9.65. The fraction of sp³-hybridized carbons (Fsp3) is 0.486. The number of aromatic nitrogens is 3. The first-order chi connectivity index (χ1) is 22.9. The molecule has 4 aromatic rings. The fourth-order valence-electron chi connectivity index (χ4n) is 7.30. The minimum absolute atomic E-state index is 0.192. The van der Waals surface area contributed by atoms with Crippen molar-refractivity contribution >= 4 is 17.4 Å². The predicted molar refractivity (Wildman–Crippen MR) is 177 cm³/mol. The van der Waals surface area contributed by atoms with Crippen molar-refractivity contribution < 1.29 is 32.5 Å². The Balaban J connectivity index is 1.48. The average molecular weight is 661 g/mol.